The van der Waals surface area contributed by atoms with Crippen LogP contribution in [0.3, 0.4) is 0 Å². The minimum absolute atomic E-state index is 0. The van der Waals surface area contributed by atoms with Gasteiger partial charge >= 0.3 is 99.2 Å². The first-order valence-corrected chi connectivity index (χ1v) is 17.3. The van der Waals surface area contributed by atoms with Gasteiger partial charge in [-0.1, -0.05) is 110 Å². The van der Waals surface area contributed by atoms with E-state index < -0.39 is 0 Å². The van der Waals surface area contributed by atoms with Crippen LogP contribution >= 0.6 is 0 Å². The Morgan fingerprint density at radius 2 is 1.11 bits per heavy atom. The SMILES string of the molecule is CC(C)(C)c1ccc2c(c1)[cH-]c1cc(C(C)(C)C)ccc12.CCC1=[C-]C(CC)C=C1.[Cl-].[Cl-].[Zr+2]=[C](c1ccccc1)c1ccccc1. The van der Waals surface area contributed by atoms with Crippen molar-refractivity contribution in [1.82, 2.24) is 0 Å². The molecule has 1 unspecified atom stereocenters. The second kappa shape index (κ2) is 17.6. The third-order valence-electron chi connectivity index (χ3n) is 8.28. The molecule has 240 valence electrons. The summed E-state index contributed by atoms with van der Waals surface area (Å²) in [5.74, 6) is 0.611. The molecule has 1 aliphatic rings. The molecule has 0 aliphatic heterocycles. The molecular formula is C43H48Cl2Zr-2. The molecule has 0 saturated carbocycles. The summed E-state index contributed by atoms with van der Waals surface area (Å²) in [4.78, 5) is 0. The number of fused-ring (bicyclic) bond motifs is 3. The normalized spacial score (nSPS) is 13.9. The summed E-state index contributed by atoms with van der Waals surface area (Å²) in [5.41, 5.74) is 7.25. The van der Waals surface area contributed by atoms with Crippen LogP contribution in [0.2, 0.25) is 0 Å². The summed E-state index contributed by atoms with van der Waals surface area (Å²) in [5, 5.41) is 5.48. The number of rotatable bonds is 4. The van der Waals surface area contributed by atoms with Crippen LogP contribution in [0.5, 0.6) is 0 Å². The van der Waals surface area contributed by atoms with Crippen LogP contribution in [-0.2, 0) is 35.1 Å². The summed E-state index contributed by atoms with van der Waals surface area (Å²) in [6.45, 7) is 18.0. The zero-order chi connectivity index (χ0) is 31.9. The van der Waals surface area contributed by atoms with E-state index in [1.807, 2.05) is 0 Å². The van der Waals surface area contributed by atoms with Crippen LogP contribution in [0.15, 0.2) is 121 Å². The summed E-state index contributed by atoms with van der Waals surface area (Å²) in [6, 6.07) is 37.3. The van der Waals surface area contributed by atoms with Crippen LogP contribution in [0, 0.1) is 12.0 Å². The van der Waals surface area contributed by atoms with Crippen LogP contribution in [0.1, 0.15) is 90.5 Å². The predicted molar refractivity (Wildman–Crippen MR) is 191 cm³/mol. The van der Waals surface area contributed by atoms with Crippen molar-refractivity contribution >= 4 is 24.8 Å². The Morgan fingerprint density at radius 1 is 0.674 bits per heavy atom. The fourth-order valence-electron chi connectivity index (χ4n) is 5.36. The first kappa shape index (κ1) is 39.7. The van der Waals surface area contributed by atoms with Crippen molar-refractivity contribution in [3.05, 3.63) is 149 Å². The van der Waals surface area contributed by atoms with Gasteiger partial charge in [0, 0.05) is 0 Å². The van der Waals surface area contributed by atoms with Crippen LogP contribution in [0.25, 0.3) is 21.5 Å². The van der Waals surface area contributed by atoms with Crippen LogP contribution in [-0.4, -0.2) is 3.21 Å². The predicted octanol–water partition coefficient (Wildman–Crippen LogP) is 5.84. The third kappa shape index (κ3) is 10.5. The molecule has 0 radical (unpaired) electrons. The molecule has 0 heterocycles. The quantitative estimate of drug-likeness (QED) is 0.205. The van der Waals surface area contributed by atoms with Crippen molar-refractivity contribution < 1.29 is 49.0 Å². The van der Waals surface area contributed by atoms with E-state index >= 15 is 0 Å². The zero-order valence-corrected chi connectivity index (χ0v) is 32.7. The molecule has 0 aromatic heterocycles. The van der Waals surface area contributed by atoms with Gasteiger partial charge in [-0.2, -0.15) is 6.08 Å². The standard InChI is InChI=1S/C21H25.C13H10.C9H13.2ClH.Zr/c1-20(2,3)16-7-9-18-14(12-16)11-15-13-17(21(4,5)6)8-10-19(15)18;1-3-7-12(8-4-1)11-13-9-5-2-6-10-13;1-3-8-5-6-9(4-2)7-8;;;/h7-13H,1-6H3;1-10H;5-6,8H,3-4H2,1-2H3;2*1H;/q-1;;-1;;;+2/p-2. The molecule has 0 saturated heterocycles. The fourth-order valence-corrected chi connectivity index (χ4v) is 6.18. The Labute approximate surface area is 305 Å². The van der Waals surface area contributed by atoms with Gasteiger partial charge in [-0.3, -0.25) is 6.08 Å². The van der Waals surface area contributed by atoms with E-state index in [0.717, 1.165) is 6.42 Å². The Hall–Kier alpha value is -2.44. The van der Waals surface area contributed by atoms with Crippen molar-refractivity contribution in [3.63, 3.8) is 0 Å². The molecule has 0 N–H and O–H groups in total. The number of allylic oxidation sites excluding steroid dienone is 4. The van der Waals surface area contributed by atoms with Gasteiger partial charge in [0.05, 0.1) is 0 Å². The molecule has 3 heteroatoms. The van der Waals surface area contributed by atoms with E-state index in [-0.39, 0.29) is 35.6 Å². The third-order valence-corrected chi connectivity index (χ3v) is 9.70. The van der Waals surface area contributed by atoms with E-state index in [4.69, 9.17) is 0 Å². The maximum atomic E-state index is 3.40. The van der Waals surface area contributed by atoms with E-state index in [2.05, 4.69) is 177 Å². The molecule has 0 bridgehead atoms. The number of benzene rings is 4. The number of hydrogen-bond acceptors (Lipinski definition) is 0. The average molecular weight is 727 g/mol. The average Bonchev–Trinajstić information content (AvgIpc) is 3.65. The Balaban J connectivity index is 0.000000256. The summed E-state index contributed by atoms with van der Waals surface area (Å²) in [6.07, 6.45) is 10.1. The van der Waals surface area contributed by atoms with Gasteiger partial charge in [-0.05, 0) is 10.8 Å². The van der Waals surface area contributed by atoms with Crippen molar-refractivity contribution in [2.45, 2.75) is 79.1 Å². The van der Waals surface area contributed by atoms with Gasteiger partial charge in [0.15, 0.2) is 0 Å². The fraction of sp³-hybridized carbons (Fsp3) is 0.302. The van der Waals surface area contributed by atoms with Crippen molar-refractivity contribution in [2.75, 3.05) is 0 Å². The topological polar surface area (TPSA) is 0 Å². The molecule has 1 aliphatic carbocycles. The van der Waals surface area contributed by atoms with Crippen LogP contribution in [0.4, 0.5) is 0 Å². The van der Waals surface area contributed by atoms with Gasteiger partial charge in [0.2, 0.25) is 0 Å². The number of halogens is 2. The molecule has 6 rings (SSSR count). The van der Waals surface area contributed by atoms with Gasteiger partial charge in [-0.15, -0.1) is 39.7 Å². The second-order valence-electron chi connectivity index (χ2n) is 13.8. The van der Waals surface area contributed by atoms with E-state index in [0.29, 0.717) is 5.92 Å². The Bertz CT molecular complexity index is 1630. The van der Waals surface area contributed by atoms with Crippen molar-refractivity contribution in [2.24, 2.45) is 5.92 Å². The first-order valence-electron chi connectivity index (χ1n) is 16.0. The second-order valence-corrected chi connectivity index (χ2v) is 15.0. The van der Waals surface area contributed by atoms with Gasteiger partial charge in [0.1, 0.15) is 0 Å². The molecule has 46 heavy (non-hydrogen) atoms. The summed E-state index contributed by atoms with van der Waals surface area (Å²) >= 11 is 1.46. The zero-order valence-electron chi connectivity index (χ0n) is 28.7. The summed E-state index contributed by atoms with van der Waals surface area (Å²) in [7, 11) is 0. The van der Waals surface area contributed by atoms with E-state index in [1.54, 1.807) is 0 Å². The molecule has 0 fully saturated rings. The Morgan fingerprint density at radius 3 is 1.43 bits per heavy atom. The van der Waals surface area contributed by atoms with Crippen LogP contribution < -0.4 is 24.8 Å². The minimum atomic E-state index is 0. The monoisotopic (exact) mass is 724 g/mol. The van der Waals surface area contributed by atoms with Gasteiger partial charge in [0.25, 0.3) is 0 Å². The molecule has 0 spiro atoms. The molecule has 5 aromatic carbocycles. The first-order chi connectivity index (χ1) is 20.9. The van der Waals surface area contributed by atoms with Crippen molar-refractivity contribution in [1.29, 1.82) is 0 Å². The van der Waals surface area contributed by atoms with E-state index in [9.17, 15) is 0 Å². The molecule has 1 atom stereocenters. The molecule has 0 amide bonds. The maximum absolute atomic E-state index is 3.40. The molecular weight excluding hydrogens is 679 g/mol. The molecule has 0 nitrogen and oxygen atoms in total. The Kier molecular flexibility index (Phi) is 15.2. The van der Waals surface area contributed by atoms with Gasteiger partial charge in [-0.25, -0.2) is 11.6 Å². The molecule has 5 aromatic rings. The number of hydrogen-bond donors (Lipinski definition) is 0. The van der Waals surface area contributed by atoms with E-state index in [1.165, 1.54) is 83.2 Å². The summed E-state index contributed by atoms with van der Waals surface area (Å²) < 4.78 is 1.42. The van der Waals surface area contributed by atoms with Crippen molar-refractivity contribution in [3.8, 4) is 0 Å². The van der Waals surface area contributed by atoms with Gasteiger partial charge < -0.3 is 24.8 Å².